The number of carbonyl (C=O) groups excluding carboxylic acids is 1. The predicted molar refractivity (Wildman–Crippen MR) is 70.3 cm³/mol. The van der Waals surface area contributed by atoms with Gasteiger partial charge in [-0.15, -0.1) is 0 Å². The van der Waals surface area contributed by atoms with E-state index in [4.69, 9.17) is 4.74 Å². The fourth-order valence-electron chi connectivity index (χ4n) is 2.44. The van der Waals surface area contributed by atoms with E-state index in [1.165, 1.54) is 12.8 Å². The highest BCUT2D eigenvalue weighted by Crippen LogP contribution is 2.38. The zero-order valence-corrected chi connectivity index (χ0v) is 11.5. The number of halogens is 1. The first-order valence-corrected chi connectivity index (χ1v) is 7.06. The average Bonchev–Trinajstić information content (AvgIpc) is 3.10. The Morgan fingerprint density at radius 1 is 1.39 bits per heavy atom. The summed E-state index contributed by atoms with van der Waals surface area (Å²) in [5, 5.41) is 3.07. The van der Waals surface area contributed by atoms with Gasteiger partial charge in [0.1, 0.15) is 0 Å². The van der Waals surface area contributed by atoms with Crippen molar-refractivity contribution >= 4 is 21.8 Å². The molecule has 1 N–H and O–H groups in total. The Morgan fingerprint density at radius 3 is 2.94 bits per heavy atom. The van der Waals surface area contributed by atoms with Crippen LogP contribution < -0.4 is 5.32 Å². The van der Waals surface area contributed by atoms with Gasteiger partial charge in [-0.2, -0.15) is 0 Å². The second-order valence-electron chi connectivity index (χ2n) is 4.93. The van der Waals surface area contributed by atoms with Gasteiger partial charge in [0.05, 0.1) is 17.7 Å². The molecule has 4 nitrogen and oxygen atoms in total. The smallest absolute Gasteiger partial charge is 0.253 e. The molecule has 1 saturated carbocycles. The fourth-order valence-corrected chi connectivity index (χ4v) is 2.81. The minimum absolute atomic E-state index is 0.0649. The van der Waals surface area contributed by atoms with E-state index in [0.717, 1.165) is 17.5 Å². The monoisotopic (exact) mass is 310 g/mol. The van der Waals surface area contributed by atoms with E-state index >= 15 is 0 Å². The van der Waals surface area contributed by atoms with E-state index in [1.54, 1.807) is 18.5 Å². The van der Waals surface area contributed by atoms with Crippen LogP contribution in [0, 0.1) is 5.92 Å². The van der Waals surface area contributed by atoms with Crippen LogP contribution in [0.4, 0.5) is 0 Å². The summed E-state index contributed by atoms with van der Waals surface area (Å²) in [6.45, 7) is 0.753. The molecule has 1 aromatic rings. The van der Waals surface area contributed by atoms with Gasteiger partial charge in [-0.1, -0.05) is 0 Å². The number of aromatic nitrogens is 1. The van der Waals surface area contributed by atoms with Crippen LogP contribution in [0.2, 0.25) is 0 Å². The molecule has 0 aromatic carbocycles. The van der Waals surface area contributed by atoms with Crippen molar-refractivity contribution in [2.24, 2.45) is 5.92 Å². The van der Waals surface area contributed by atoms with E-state index in [2.05, 4.69) is 26.2 Å². The van der Waals surface area contributed by atoms with E-state index in [1.807, 2.05) is 0 Å². The summed E-state index contributed by atoms with van der Waals surface area (Å²) in [6.07, 6.45) is 6.85. The molecule has 0 radical (unpaired) electrons. The maximum Gasteiger partial charge on any atom is 0.253 e. The highest BCUT2D eigenvalue weighted by atomic mass is 79.9. The highest BCUT2D eigenvalue weighted by Gasteiger charge is 2.41. The number of rotatable bonds is 3. The molecule has 5 heteroatoms. The van der Waals surface area contributed by atoms with Gasteiger partial charge < -0.3 is 10.1 Å². The van der Waals surface area contributed by atoms with Gasteiger partial charge in [0.15, 0.2) is 0 Å². The third kappa shape index (κ3) is 2.57. The Kier molecular flexibility index (Phi) is 3.35. The number of nitrogens with one attached hydrogen (secondary N) is 1. The molecule has 1 aromatic heterocycles. The largest absolute Gasteiger partial charge is 0.376 e. The molecular formula is C13H15BrN2O2. The third-order valence-corrected chi connectivity index (χ3v) is 3.94. The van der Waals surface area contributed by atoms with Gasteiger partial charge in [-0.25, -0.2) is 0 Å². The van der Waals surface area contributed by atoms with Crippen LogP contribution in [0.1, 0.15) is 29.6 Å². The van der Waals surface area contributed by atoms with Crippen LogP contribution in [0.15, 0.2) is 22.9 Å². The molecule has 0 bridgehead atoms. The molecular weight excluding hydrogens is 296 g/mol. The third-order valence-electron chi connectivity index (χ3n) is 3.51. The number of ether oxygens (including phenoxy) is 1. The number of nitrogens with zero attached hydrogens (tertiary/aromatic N) is 1. The van der Waals surface area contributed by atoms with Crippen LogP contribution in [-0.4, -0.2) is 29.6 Å². The maximum atomic E-state index is 12.1. The Morgan fingerprint density at radius 2 is 2.22 bits per heavy atom. The quantitative estimate of drug-likeness (QED) is 0.930. The lowest BCUT2D eigenvalue weighted by atomic mass is 10.1. The van der Waals surface area contributed by atoms with Crippen molar-refractivity contribution in [2.75, 3.05) is 6.61 Å². The summed E-state index contributed by atoms with van der Waals surface area (Å²) in [6, 6.07) is 1.94. The molecule has 3 rings (SSSR count). The number of hydrogen-bond donors (Lipinski definition) is 1. The Hall–Kier alpha value is -0.940. The fraction of sp³-hybridized carbons (Fsp3) is 0.538. The van der Waals surface area contributed by atoms with Crippen molar-refractivity contribution in [3.8, 4) is 0 Å². The van der Waals surface area contributed by atoms with Gasteiger partial charge in [0.25, 0.3) is 5.91 Å². The first-order valence-electron chi connectivity index (χ1n) is 6.27. The normalized spacial score (nSPS) is 27.2. The first-order chi connectivity index (χ1) is 8.74. The maximum absolute atomic E-state index is 12.1. The molecule has 2 heterocycles. The van der Waals surface area contributed by atoms with Gasteiger partial charge in [0, 0.05) is 23.5 Å². The lowest BCUT2D eigenvalue weighted by molar-refractivity contribution is 0.0729. The van der Waals surface area contributed by atoms with Crippen molar-refractivity contribution < 1.29 is 9.53 Å². The SMILES string of the molecule is O=C(NC1CCOC1C1CC1)c1cncc(Br)c1. The van der Waals surface area contributed by atoms with Crippen LogP contribution in [-0.2, 0) is 4.74 Å². The van der Waals surface area contributed by atoms with Gasteiger partial charge in [0.2, 0.25) is 0 Å². The lowest BCUT2D eigenvalue weighted by Crippen LogP contribution is -2.41. The lowest BCUT2D eigenvalue weighted by Gasteiger charge is -2.19. The molecule has 1 aliphatic heterocycles. The molecule has 18 heavy (non-hydrogen) atoms. The molecule has 1 amide bonds. The molecule has 2 fully saturated rings. The summed E-state index contributed by atoms with van der Waals surface area (Å²) in [7, 11) is 0. The summed E-state index contributed by atoms with van der Waals surface area (Å²) in [5.74, 6) is 0.586. The summed E-state index contributed by atoms with van der Waals surface area (Å²) in [5.41, 5.74) is 0.589. The van der Waals surface area contributed by atoms with Crippen LogP contribution in [0.3, 0.4) is 0 Å². The second kappa shape index (κ2) is 4.97. The van der Waals surface area contributed by atoms with Gasteiger partial charge >= 0.3 is 0 Å². The molecule has 0 spiro atoms. The van der Waals surface area contributed by atoms with Crippen molar-refractivity contribution in [3.05, 3.63) is 28.5 Å². The average molecular weight is 311 g/mol. The number of carbonyl (C=O) groups is 1. The molecule has 2 aliphatic rings. The van der Waals surface area contributed by atoms with Crippen molar-refractivity contribution in [2.45, 2.75) is 31.4 Å². The van der Waals surface area contributed by atoms with E-state index in [-0.39, 0.29) is 18.1 Å². The van der Waals surface area contributed by atoms with Gasteiger partial charge in [-0.3, -0.25) is 9.78 Å². The Labute approximate surface area is 114 Å². The molecule has 2 unspecified atom stereocenters. The van der Waals surface area contributed by atoms with E-state index in [0.29, 0.717) is 11.5 Å². The van der Waals surface area contributed by atoms with E-state index < -0.39 is 0 Å². The number of hydrogen-bond acceptors (Lipinski definition) is 3. The highest BCUT2D eigenvalue weighted by molar-refractivity contribution is 9.10. The molecule has 96 valence electrons. The zero-order valence-electron chi connectivity index (χ0n) is 9.93. The summed E-state index contributed by atoms with van der Waals surface area (Å²) >= 11 is 3.32. The molecule has 1 aliphatic carbocycles. The van der Waals surface area contributed by atoms with E-state index in [9.17, 15) is 4.79 Å². The van der Waals surface area contributed by atoms with Crippen LogP contribution in [0.25, 0.3) is 0 Å². The van der Waals surface area contributed by atoms with Crippen LogP contribution >= 0.6 is 15.9 Å². The Balaban J connectivity index is 1.66. The number of amides is 1. The van der Waals surface area contributed by atoms with Crippen LogP contribution in [0.5, 0.6) is 0 Å². The minimum atomic E-state index is -0.0649. The van der Waals surface area contributed by atoms with Gasteiger partial charge in [-0.05, 0) is 47.2 Å². The topological polar surface area (TPSA) is 51.2 Å². The zero-order chi connectivity index (χ0) is 12.5. The minimum Gasteiger partial charge on any atom is -0.376 e. The standard InChI is InChI=1S/C13H15BrN2O2/c14-10-5-9(6-15-7-10)13(17)16-11-3-4-18-12(11)8-1-2-8/h5-8,11-12H,1-4H2,(H,16,17). The second-order valence-corrected chi connectivity index (χ2v) is 5.85. The van der Waals surface area contributed by atoms with Crippen molar-refractivity contribution in [3.63, 3.8) is 0 Å². The first kappa shape index (κ1) is 12.1. The van der Waals surface area contributed by atoms with Crippen molar-refractivity contribution in [1.29, 1.82) is 0 Å². The molecule has 2 atom stereocenters. The molecule has 1 saturated heterocycles. The Bertz CT molecular complexity index is 462. The number of pyridine rings is 1. The summed E-state index contributed by atoms with van der Waals surface area (Å²) < 4.78 is 6.53. The predicted octanol–water partition coefficient (Wildman–Crippen LogP) is 2.14. The van der Waals surface area contributed by atoms with Crippen molar-refractivity contribution in [1.82, 2.24) is 10.3 Å². The summed E-state index contributed by atoms with van der Waals surface area (Å²) in [4.78, 5) is 16.1.